The van der Waals surface area contributed by atoms with E-state index >= 15 is 0 Å². The molecule has 1 spiro atoms. The second-order valence-corrected chi connectivity index (χ2v) is 6.59. The second-order valence-electron chi connectivity index (χ2n) is 6.59. The van der Waals surface area contributed by atoms with Crippen molar-refractivity contribution < 1.29 is 0 Å². The van der Waals surface area contributed by atoms with Crippen LogP contribution < -0.4 is 5.73 Å². The van der Waals surface area contributed by atoms with Gasteiger partial charge < -0.3 is 5.73 Å². The van der Waals surface area contributed by atoms with Crippen molar-refractivity contribution in [3.05, 3.63) is 71.3 Å². The predicted octanol–water partition coefficient (Wildman–Crippen LogP) is 4.03. The van der Waals surface area contributed by atoms with Crippen LogP contribution in [0.4, 0.5) is 0 Å². The lowest BCUT2D eigenvalue weighted by atomic mass is 9.76. The highest BCUT2D eigenvalue weighted by atomic mass is 35.5. The Labute approximate surface area is 133 Å². The van der Waals surface area contributed by atoms with E-state index in [0.717, 1.165) is 12.8 Å². The van der Waals surface area contributed by atoms with Crippen molar-refractivity contribution in [1.29, 1.82) is 0 Å². The minimum absolute atomic E-state index is 0. The molecule has 2 aliphatic rings. The highest BCUT2D eigenvalue weighted by Crippen LogP contribution is 2.62. The van der Waals surface area contributed by atoms with Gasteiger partial charge in [-0.15, -0.1) is 12.4 Å². The van der Waals surface area contributed by atoms with Crippen molar-refractivity contribution >= 4 is 12.4 Å². The van der Waals surface area contributed by atoms with Crippen LogP contribution in [0.5, 0.6) is 0 Å². The van der Waals surface area contributed by atoms with Gasteiger partial charge in [0.05, 0.1) is 0 Å². The Hall–Kier alpha value is -1.31. The van der Waals surface area contributed by atoms with Gasteiger partial charge in [0.15, 0.2) is 0 Å². The molecule has 0 aliphatic heterocycles. The Morgan fingerprint density at radius 3 is 2.48 bits per heavy atom. The zero-order valence-corrected chi connectivity index (χ0v) is 13.0. The number of fused-ring (bicyclic) bond motifs is 2. The molecule has 2 heteroatoms. The average molecular weight is 300 g/mol. The lowest BCUT2D eigenvalue weighted by molar-refractivity contribution is 0.456. The Balaban J connectivity index is 0.00000132. The summed E-state index contributed by atoms with van der Waals surface area (Å²) in [4.78, 5) is 0. The third-order valence-corrected chi connectivity index (χ3v) is 5.39. The maximum Gasteiger partial charge on any atom is 0.0303 e. The van der Waals surface area contributed by atoms with E-state index in [0.29, 0.717) is 0 Å². The van der Waals surface area contributed by atoms with E-state index in [2.05, 4.69) is 54.6 Å². The molecular formula is C19H22ClN. The van der Waals surface area contributed by atoms with Gasteiger partial charge in [-0.3, -0.25) is 0 Å². The van der Waals surface area contributed by atoms with E-state index < -0.39 is 0 Å². The monoisotopic (exact) mass is 299 g/mol. The maximum atomic E-state index is 6.80. The maximum absolute atomic E-state index is 6.80. The molecule has 0 bridgehead atoms. The first kappa shape index (κ1) is 14.6. The summed E-state index contributed by atoms with van der Waals surface area (Å²) >= 11 is 0. The Morgan fingerprint density at radius 2 is 1.67 bits per heavy atom. The fourth-order valence-electron chi connectivity index (χ4n) is 4.31. The van der Waals surface area contributed by atoms with Gasteiger partial charge in [0.2, 0.25) is 0 Å². The highest BCUT2D eigenvalue weighted by molar-refractivity contribution is 5.85. The van der Waals surface area contributed by atoms with E-state index in [-0.39, 0.29) is 23.4 Å². The number of rotatable bonds is 2. The van der Waals surface area contributed by atoms with E-state index in [1.54, 1.807) is 0 Å². The molecule has 1 saturated carbocycles. The summed E-state index contributed by atoms with van der Waals surface area (Å²) in [5, 5.41) is 0. The number of hydrogen-bond acceptors (Lipinski definition) is 1. The third kappa shape index (κ3) is 2.20. The van der Waals surface area contributed by atoms with Crippen LogP contribution in [0.3, 0.4) is 0 Å². The topological polar surface area (TPSA) is 26.0 Å². The van der Waals surface area contributed by atoms with Gasteiger partial charge in [0.25, 0.3) is 0 Å². The molecule has 2 aromatic rings. The Kier molecular flexibility index (Phi) is 3.59. The summed E-state index contributed by atoms with van der Waals surface area (Å²) in [6.45, 7) is 0. The molecule has 2 N–H and O–H groups in total. The number of halogens is 1. The van der Waals surface area contributed by atoms with Crippen molar-refractivity contribution in [1.82, 2.24) is 0 Å². The molecule has 0 amide bonds. The molecule has 2 unspecified atom stereocenters. The summed E-state index contributed by atoms with van der Waals surface area (Å²) in [7, 11) is 0. The predicted molar refractivity (Wildman–Crippen MR) is 90.0 cm³/mol. The van der Waals surface area contributed by atoms with Gasteiger partial charge in [-0.1, -0.05) is 54.6 Å². The quantitative estimate of drug-likeness (QED) is 0.890. The number of aryl methyl sites for hydroxylation is 1. The Morgan fingerprint density at radius 1 is 0.952 bits per heavy atom. The first-order chi connectivity index (χ1) is 9.74. The second kappa shape index (κ2) is 5.15. The molecule has 4 rings (SSSR count). The molecule has 21 heavy (non-hydrogen) atoms. The van der Waals surface area contributed by atoms with Crippen molar-refractivity contribution in [2.75, 3.05) is 0 Å². The molecule has 0 saturated heterocycles. The summed E-state index contributed by atoms with van der Waals surface area (Å²) in [5.41, 5.74) is 11.4. The van der Waals surface area contributed by atoms with Crippen molar-refractivity contribution in [2.24, 2.45) is 5.73 Å². The zero-order valence-electron chi connectivity index (χ0n) is 12.2. The highest BCUT2D eigenvalue weighted by Gasteiger charge is 2.66. The van der Waals surface area contributed by atoms with Crippen LogP contribution in [-0.4, -0.2) is 5.54 Å². The molecule has 2 aromatic carbocycles. The lowest BCUT2D eigenvalue weighted by Crippen LogP contribution is -2.37. The largest absolute Gasteiger partial charge is 0.324 e. The van der Waals surface area contributed by atoms with E-state index in [1.807, 2.05) is 0 Å². The summed E-state index contributed by atoms with van der Waals surface area (Å²) in [6, 6.07) is 19.6. The molecule has 1 fully saturated rings. The molecule has 0 aromatic heterocycles. The Bertz CT molecular complexity index is 639. The summed E-state index contributed by atoms with van der Waals surface area (Å²) < 4.78 is 0. The van der Waals surface area contributed by atoms with Gasteiger partial charge in [0, 0.05) is 11.0 Å². The SMILES string of the molecule is Cl.NC1(Cc2ccccc2)CC12CCCc1ccccc12. The zero-order chi connectivity index (χ0) is 13.6. The fraction of sp³-hybridized carbons (Fsp3) is 0.368. The van der Waals surface area contributed by atoms with E-state index in [4.69, 9.17) is 5.73 Å². The molecular weight excluding hydrogens is 278 g/mol. The minimum atomic E-state index is -0.0368. The third-order valence-electron chi connectivity index (χ3n) is 5.39. The van der Waals surface area contributed by atoms with Crippen molar-refractivity contribution in [3.63, 3.8) is 0 Å². The summed E-state index contributed by atoms with van der Waals surface area (Å²) in [6.07, 6.45) is 5.91. The van der Waals surface area contributed by atoms with Gasteiger partial charge >= 0.3 is 0 Å². The molecule has 0 heterocycles. The number of nitrogens with two attached hydrogens (primary N) is 1. The average Bonchev–Trinajstić information content (AvgIpc) is 3.05. The molecule has 1 nitrogen and oxygen atoms in total. The van der Waals surface area contributed by atoms with Crippen LogP contribution in [0.25, 0.3) is 0 Å². The first-order valence-electron chi connectivity index (χ1n) is 7.65. The van der Waals surface area contributed by atoms with Crippen LogP contribution >= 0.6 is 12.4 Å². The normalized spacial score (nSPS) is 29.6. The van der Waals surface area contributed by atoms with Crippen molar-refractivity contribution in [3.8, 4) is 0 Å². The first-order valence-corrected chi connectivity index (χ1v) is 7.65. The molecule has 0 radical (unpaired) electrons. The fourth-order valence-corrected chi connectivity index (χ4v) is 4.31. The number of benzene rings is 2. The smallest absolute Gasteiger partial charge is 0.0303 e. The molecule has 2 atom stereocenters. The van der Waals surface area contributed by atoms with Crippen LogP contribution in [0.15, 0.2) is 54.6 Å². The van der Waals surface area contributed by atoms with Gasteiger partial charge in [0.1, 0.15) is 0 Å². The van der Waals surface area contributed by atoms with Gasteiger partial charge in [-0.05, 0) is 48.8 Å². The standard InChI is InChI=1S/C19H21N.ClH/c20-19(13-15-7-2-1-3-8-15)14-18(19)12-6-10-16-9-4-5-11-17(16)18;/h1-5,7-9,11H,6,10,12-14,20H2;1H. The van der Waals surface area contributed by atoms with Crippen LogP contribution in [0.2, 0.25) is 0 Å². The van der Waals surface area contributed by atoms with E-state index in [9.17, 15) is 0 Å². The van der Waals surface area contributed by atoms with Crippen LogP contribution in [0, 0.1) is 0 Å². The van der Waals surface area contributed by atoms with Crippen LogP contribution in [0.1, 0.15) is 36.0 Å². The van der Waals surface area contributed by atoms with Gasteiger partial charge in [-0.2, -0.15) is 0 Å². The molecule has 110 valence electrons. The summed E-state index contributed by atoms with van der Waals surface area (Å²) in [5.74, 6) is 0. The lowest BCUT2D eigenvalue weighted by Gasteiger charge is -2.30. The van der Waals surface area contributed by atoms with E-state index in [1.165, 1.54) is 36.0 Å². The number of hydrogen-bond donors (Lipinski definition) is 1. The van der Waals surface area contributed by atoms with Gasteiger partial charge in [-0.25, -0.2) is 0 Å². The van der Waals surface area contributed by atoms with Crippen LogP contribution in [-0.2, 0) is 18.3 Å². The van der Waals surface area contributed by atoms with Crippen molar-refractivity contribution in [2.45, 2.75) is 43.1 Å². The molecule has 2 aliphatic carbocycles. The minimum Gasteiger partial charge on any atom is -0.324 e.